The molecular formula is C29H27N7O. The number of fused-ring (bicyclic) bond motifs is 2. The highest BCUT2D eigenvalue weighted by molar-refractivity contribution is 5.83. The fraction of sp³-hybridized carbons (Fsp3) is 0.276. The molecule has 2 aliphatic rings. The van der Waals surface area contributed by atoms with Crippen LogP contribution in [0.5, 0.6) is 0 Å². The van der Waals surface area contributed by atoms with Crippen LogP contribution in [-0.2, 0) is 6.54 Å². The summed E-state index contributed by atoms with van der Waals surface area (Å²) in [7, 11) is 0. The van der Waals surface area contributed by atoms with E-state index in [4.69, 9.17) is 10.2 Å². The van der Waals surface area contributed by atoms with Gasteiger partial charge in [-0.15, -0.1) is 10.2 Å². The van der Waals surface area contributed by atoms with E-state index in [2.05, 4.69) is 49.1 Å². The van der Waals surface area contributed by atoms with Gasteiger partial charge in [0, 0.05) is 35.5 Å². The Kier molecular flexibility index (Phi) is 5.39. The second-order valence-corrected chi connectivity index (χ2v) is 9.98. The minimum Gasteiger partial charge on any atom is -0.396 e. The highest BCUT2D eigenvalue weighted by Crippen LogP contribution is 2.49. The summed E-state index contributed by atoms with van der Waals surface area (Å²) in [6.45, 7) is 0.741. The standard InChI is InChI=1S/C29H27N7O/c37-15-21-13-20(14-36-17-32-27-28(33-22-11-12-22)30-16-31-29(27)36)23-24(21)26(19-9-5-2-6-10-19)35-34-25(23)18-7-3-1-4-8-18/h1-10,16-17,20-22,37H,11-15H2,(H,30,31,33)/t20-,21+/m1/s1. The van der Waals surface area contributed by atoms with Crippen molar-refractivity contribution in [2.75, 3.05) is 11.9 Å². The van der Waals surface area contributed by atoms with Gasteiger partial charge >= 0.3 is 0 Å². The van der Waals surface area contributed by atoms with E-state index >= 15 is 0 Å². The van der Waals surface area contributed by atoms with Gasteiger partial charge in [-0.25, -0.2) is 15.0 Å². The Morgan fingerprint density at radius 1 is 0.811 bits per heavy atom. The molecule has 0 spiro atoms. The van der Waals surface area contributed by atoms with Crippen molar-refractivity contribution in [1.29, 1.82) is 0 Å². The van der Waals surface area contributed by atoms with E-state index in [1.807, 2.05) is 42.7 Å². The molecule has 2 aliphatic carbocycles. The van der Waals surface area contributed by atoms with Crippen LogP contribution in [0.25, 0.3) is 33.7 Å². The van der Waals surface area contributed by atoms with Crippen molar-refractivity contribution in [3.8, 4) is 22.5 Å². The maximum absolute atomic E-state index is 10.5. The van der Waals surface area contributed by atoms with Gasteiger partial charge in [-0.2, -0.15) is 0 Å². The van der Waals surface area contributed by atoms with Crippen LogP contribution in [0.4, 0.5) is 5.82 Å². The highest BCUT2D eigenvalue weighted by Gasteiger charge is 2.37. The van der Waals surface area contributed by atoms with Gasteiger partial charge in [-0.1, -0.05) is 60.7 Å². The Bertz CT molecular complexity index is 1560. The van der Waals surface area contributed by atoms with Crippen LogP contribution in [0, 0.1) is 0 Å². The second-order valence-electron chi connectivity index (χ2n) is 9.98. The molecule has 8 heteroatoms. The normalized spacial score (nSPS) is 18.7. The van der Waals surface area contributed by atoms with Gasteiger partial charge in [0.25, 0.3) is 0 Å². The quantitative estimate of drug-likeness (QED) is 0.339. The van der Waals surface area contributed by atoms with E-state index in [1.165, 1.54) is 12.8 Å². The van der Waals surface area contributed by atoms with Crippen molar-refractivity contribution >= 4 is 17.0 Å². The molecule has 1 saturated carbocycles. The molecule has 0 bridgehead atoms. The van der Waals surface area contributed by atoms with Crippen LogP contribution < -0.4 is 5.32 Å². The van der Waals surface area contributed by atoms with E-state index < -0.39 is 0 Å². The van der Waals surface area contributed by atoms with Crippen LogP contribution in [0.15, 0.2) is 73.3 Å². The third-order valence-corrected chi connectivity index (χ3v) is 7.49. The molecule has 0 radical (unpaired) electrons. The smallest absolute Gasteiger partial charge is 0.165 e. The molecule has 5 aromatic rings. The topological polar surface area (TPSA) is 102 Å². The first kappa shape index (κ1) is 22.1. The van der Waals surface area contributed by atoms with Crippen LogP contribution in [0.2, 0.25) is 0 Å². The Morgan fingerprint density at radius 2 is 1.46 bits per heavy atom. The Labute approximate surface area is 214 Å². The van der Waals surface area contributed by atoms with Gasteiger partial charge in [0.05, 0.1) is 24.3 Å². The fourth-order valence-corrected chi connectivity index (χ4v) is 5.60. The van der Waals surface area contributed by atoms with Gasteiger partial charge in [0.15, 0.2) is 11.5 Å². The minimum absolute atomic E-state index is 0.0234. The number of hydrogen-bond donors (Lipinski definition) is 2. The summed E-state index contributed by atoms with van der Waals surface area (Å²) in [6.07, 6.45) is 6.61. The number of nitrogens with one attached hydrogen (secondary N) is 1. The van der Waals surface area contributed by atoms with Crippen molar-refractivity contribution in [1.82, 2.24) is 29.7 Å². The molecule has 2 aromatic carbocycles. The number of benzene rings is 2. The molecule has 3 heterocycles. The average molecular weight is 490 g/mol. The molecular weight excluding hydrogens is 462 g/mol. The first-order valence-electron chi connectivity index (χ1n) is 12.8. The summed E-state index contributed by atoms with van der Waals surface area (Å²) in [4.78, 5) is 13.7. The number of nitrogens with zero attached hydrogens (tertiary/aromatic N) is 6. The summed E-state index contributed by atoms with van der Waals surface area (Å²) in [6, 6.07) is 20.8. The molecule has 2 atom stereocenters. The lowest BCUT2D eigenvalue weighted by atomic mass is 9.93. The van der Waals surface area contributed by atoms with Crippen LogP contribution in [0.3, 0.4) is 0 Å². The maximum atomic E-state index is 10.5. The Morgan fingerprint density at radius 3 is 2.08 bits per heavy atom. The monoisotopic (exact) mass is 489 g/mol. The summed E-state index contributed by atoms with van der Waals surface area (Å²) in [5.41, 5.74) is 7.65. The second kappa shape index (κ2) is 9.05. The van der Waals surface area contributed by atoms with Crippen molar-refractivity contribution in [2.45, 2.75) is 43.7 Å². The average Bonchev–Trinajstić information content (AvgIpc) is 3.56. The number of rotatable bonds is 7. The molecule has 1 fully saturated rings. The van der Waals surface area contributed by atoms with E-state index in [-0.39, 0.29) is 18.4 Å². The molecule has 7 rings (SSSR count). The van der Waals surface area contributed by atoms with E-state index in [0.29, 0.717) is 12.6 Å². The van der Waals surface area contributed by atoms with Gasteiger partial charge in [0.2, 0.25) is 0 Å². The lowest BCUT2D eigenvalue weighted by Crippen LogP contribution is -2.10. The van der Waals surface area contributed by atoms with Gasteiger partial charge in [-0.3, -0.25) is 0 Å². The number of aromatic nitrogens is 6. The molecule has 3 aromatic heterocycles. The Balaban J connectivity index is 1.35. The van der Waals surface area contributed by atoms with Crippen molar-refractivity contribution in [2.24, 2.45) is 0 Å². The zero-order chi connectivity index (χ0) is 24.8. The molecule has 8 nitrogen and oxygen atoms in total. The SMILES string of the molecule is OC[C@@H]1C[C@H](Cn2cnc3c(NC4CC4)ncnc32)c2c(-c3ccccc3)nnc(-c3ccccc3)c21. The maximum Gasteiger partial charge on any atom is 0.165 e. The number of hydrogen-bond acceptors (Lipinski definition) is 7. The van der Waals surface area contributed by atoms with Gasteiger partial charge in [0.1, 0.15) is 11.8 Å². The van der Waals surface area contributed by atoms with Crippen LogP contribution in [-0.4, -0.2) is 47.5 Å². The van der Waals surface area contributed by atoms with E-state index in [9.17, 15) is 5.11 Å². The molecule has 0 amide bonds. The van der Waals surface area contributed by atoms with Crippen molar-refractivity contribution < 1.29 is 5.11 Å². The molecule has 37 heavy (non-hydrogen) atoms. The lowest BCUT2D eigenvalue weighted by molar-refractivity contribution is 0.260. The Hall–Kier alpha value is -4.17. The number of anilines is 1. The van der Waals surface area contributed by atoms with Crippen molar-refractivity contribution in [3.05, 3.63) is 84.4 Å². The molecule has 0 unspecified atom stereocenters. The predicted molar refractivity (Wildman–Crippen MR) is 142 cm³/mol. The molecule has 0 saturated heterocycles. The number of aliphatic hydroxyl groups is 1. The predicted octanol–water partition coefficient (Wildman–Crippen LogP) is 4.79. The fourth-order valence-electron chi connectivity index (χ4n) is 5.60. The van der Waals surface area contributed by atoms with Crippen LogP contribution in [0.1, 0.15) is 42.2 Å². The highest BCUT2D eigenvalue weighted by atomic mass is 16.3. The minimum atomic E-state index is -0.0234. The molecule has 0 aliphatic heterocycles. The molecule has 2 N–H and O–H groups in total. The summed E-state index contributed by atoms with van der Waals surface area (Å²) in [5.74, 6) is 0.894. The summed E-state index contributed by atoms with van der Waals surface area (Å²) >= 11 is 0. The molecule has 184 valence electrons. The summed E-state index contributed by atoms with van der Waals surface area (Å²) < 4.78 is 2.11. The van der Waals surface area contributed by atoms with E-state index in [1.54, 1.807) is 6.33 Å². The van der Waals surface area contributed by atoms with Crippen LogP contribution >= 0.6 is 0 Å². The van der Waals surface area contributed by atoms with Crippen molar-refractivity contribution in [3.63, 3.8) is 0 Å². The van der Waals surface area contributed by atoms with Gasteiger partial charge < -0.3 is 15.0 Å². The lowest BCUT2D eigenvalue weighted by Gasteiger charge is -2.18. The third kappa shape index (κ3) is 3.94. The first-order chi connectivity index (χ1) is 18.3. The van der Waals surface area contributed by atoms with Gasteiger partial charge in [-0.05, 0) is 30.4 Å². The first-order valence-corrected chi connectivity index (χ1v) is 12.8. The van der Waals surface area contributed by atoms with E-state index in [0.717, 1.165) is 57.0 Å². The third-order valence-electron chi connectivity index (χ3n) is 7.49. The number of imidazole rings is 1. The zero-order valence-corrected chi connectivity index (χ0v) is 20.3. The largest absolute Gasteiger partial charge is 0.396 e. The zero-order valence-electron chi connectivity index (χ0n) is 20.3. The summed E-state index contributed by atoms with van der Waals surface area (Å²) in [5, 5.41) is 23.4. The number of aliphatic hydroxyl groups excluding tert-OH is 1.